The third kappa shape index (κ3) is 5.56. The number of nitrogens with zero attached hydrogens (tertiary/aromatic N) is 2. The first-order chi connectivity index (χ1) is 14.2. The average Bonchev–Trinajstić information content (AvgIpc) is 3.06. The molecular formula is C22H30N4O3S. The third-order valence-corrected chi connectivity index (χ3v) is 6.35. The van der Waals surface area contributed by atoms with Gasteiger partial charge in [0.1, 0.15) is 10.5 Å². The largest absolute Gasteiger partial charge is 0.444 e. The Balaban J connectivity index is 1.68. The van der Waals surface area contributed by atoms with Crippen LogP contribution in [0.4, 0.5) is 9.93 Å². The lowest BCUT2D eigenvalue weighted by atomic mass is 9.70. The molecule has 0 aliphatic heterocycles. The molecule has 8 heteroatoms. The number of pyridine rings is 1. The fourth-order valence-corrected chi connectivity index (χ4v) is 4.72. The Hall–Kier alpha value is -2.48. The number of anilines is 1. The fraction of sp³-hybridized carbons (Fsp3) is 0.545. The predicted octanol–water partition coefficient (Wildman–Crippen LogP) is 4.83. The summed E-state index contributed by atoms with van der Waals surface area (Å²) in [6.07, 6.45) is 8.70. The number of nitrogens with one attached hydrogen (secondary N) is 2. The van der Waals surface area contributed by atoms with Gasteiger partial charge in [-0.15, -0.1) is 0 Å². The maximum absolute atomic E-state index is 12.9. The van der Waals surface area contributed by atoms with Gasteiger partial charge in [-0.3, -0.25) is 15.1 Å². The zero-order valence-corrected chi connectivity index (χ0v) is 18.9. The summed E-state index contributed by atoms with van der Waals surface area (Å²) in [5.74, 6) is -0.170. The van der Waals surface area contributed by atoms with Crippen LogP contribution in [0, 0.1) is 6.92 Å². The molecule has 1 saturated carbocycles. The van der Waals surface area contributed by atoms with Gasteiger partial charge in [-0.25, -0.2) is 9.78 Å². The molecule has 0 spiro atoms. The van der Waals surface area contributed by atoms with Gasteiger partial charge in [0, 0.05) is 24.4 Å². The monoisotopic (exact) mass is 430 g/mol. The highest BCUT2D eigenvalue weighted by atomic mass is 32.1. The number of ether oxygens (including phenoxy) is 1. The van der Waals surface area contributed by atoms with Crippen molar-refractivity contribution in [2.45, 2.75) is 70.8 Å². The summed E-state index contributed by atoms with van der Waals surface area (Å²) in [6, 6.07) is 4.06. The lowest BCUT2D eigenvalue weighted by molar-refractivity contribution is 0.0635. The van der Waals surface area contributed by atoms with E-state index in [0.29, 0.717) is 22.2 Å². The van der Waals surface area contributed by atoms with Crippen LogP contribution in [-0.2, 0) is 10.2 Å². The molecule has 1 fully saturated rings. The topological polar surface area (TPSA) is 93.2 Å². The van der Waals surface area contributed by atoms with Crippen molar-refractivity contribution in [3.05, 3.63) is 40.7 Å². The molecule has 162 valence electrons. The Kier molecular flexibility index (Phi) is 6.75. The van der Waals surface area contributed by atoms with E-state index < -0.39 is 11.7 Å². The minimum Gasteiger partial charge on any atom is -0.444 e. The molecular weight excluding hydrogens is 400 g/mol. The first-order valence-corrected chi connectivity index (χ1v) is 11.2. The van der Waals surface area contributed by atoms with Gasteiger partial charge in [-0.1, -0.05) is 36.7 Å². The quantitative estimate of drug-likeness (QED) is 0.709. The molecule has 30 heavy (non-hydrogen) atoms. The highest BCUT2D eigenvalue weighted by Gasteiger charge is 2.35. The summed E-state index contributed by atoms with van der Waals surface area (Å²) < 4.78 is 5.25. The molecule has 0 saturated heterocycles. The molecule has 2 aromatic rings. The molecule has 0 aromatic carbocycles. The molecule has 2 heterocycles. The number of thiazole rings is 1. The number of carbonyl (C=O) groups excluding carboxylic acids is 2. The van der Waals surface area contributed by atoms with Gasteiger partial charge < -0.3 is 10.1 Å². The highest BCUT2D eigenvalue weighted by Crippen LogP contribution is 2.38. The van der Waals surface area contributed by atoms with Crippen molar-refractivity contribution >= 4 is 28.5 Å². The van der Waals surface area contributed by atoms with E-state index in [-0.39, 0.29) is 11.3 Å². The zero-order valence-electron chi connectivity index (χ0n) is 18.1. The minimum absolute atomic E-state index is 0.0850. The molecule has 1 aliphatic rings. The van der Waals surface area contributed by atoms with E-state index in [9.17, 15) is 9.59 Å². The second-order valence-corrected chi connectivity index (χ2v) is 9.82. The molecule has 7 nitrogen and oxygen atoms in total. The first-order valence-electron chi connectivity index (χ1n) is 10.3. The van der Waals surface area contributed by atoms with Gasteiger partial charge in [0.2, 0.25) is 0 Å². The third-order valence-electron chi connectivity index (χ3n) is 5.28. The lowest BCUT2D eigenvalue weighted by Crippen LogP contribution is -2.42. The zero-order chi connectivity index (χ0) is 21.8. The van der Waals surface area contributed by atoms with Crippen LogP contribution in [0.15, 0.2) is 24.5 Å². The fourth-order valence-electron chi connectivity index (χ4n) is 3.85. The van der Waals surface area contributed by atoms with Gasteiger partial charge in [0.15, 0.2) is 5.13 Å². The second kappa shape index (κ2) is 9.12. The van der Waals surface area contributed by atoms with Crippen molar-refractivity contribution < 1.29 is 14.3 Å². The van der Waals surface area contributed by atoms with Gasteiger partial charge >= 0.3 is 6.09 Å². The first kappa shape index (κ1) is 22.2. The Morgan fingerprint density at radius 2 is 1.97 bits per heavy atom. The van der Waals surface area contributed by atoms with Crippen LogP contribution in [-0.4, -0.2) is 34.1 Å². The summed E-state index contributed by atoms with van der Waals surface area (Å²) in [4.78, 5) is 34.0. The van der Waals surface area contributed by atoms with E-state index in [0.717, 1.165) is 37.0 Å². The van der Waals surface area contributed by atoms with Gasteiger partial charge in [-0.2, -0.15) is 0 Å². The van der Waals surface area contributed by atoms with E-state index >= 15 is 0 Å². The van der Waals surface area contributed by atoms with Crippen LogP contribution in [0.1, 0.15) is 73.8 Å². The standard InChI is InChI=1S/C22H30N4O3S/c1-15-17(30-19(25-15)26-20(28)29-21(2,3)4)18(27)24-14-22(10-6-5-7-11-22)16-9-8-12-23-13-16/h8-9,12-13H,5-7,10-11,14H2,1-4H3,(H,24,27)(H,25,26,28). The molecule has 2 N–H and O–H groups in total. The van der Waals surface area contributed by atoms with Crippen molar-refractivity contribution in [2.75, 3.05) is 11.9 Å². The van der Waals surface area contributed by atoms with E-state index in [1.54, 1.807) is 33.9 Å². The van der Waals surface area contributed by atoms with E-state index in [4.69, 9.17) is 4.74 Å². The van der Waals surface area contributed by atoms with E-state index in [2.05, 4.69) is 26.7 Å². The Labute approximate surface area is 181 Å². The summed E-state index contributed by atoms with van der Waals surface area (Å²) in [5, 5.41) is 6.08. The summed E-state index contributed by atoms with van der Waals surface area (Å²) in [7, 11) is 0. The number of hydrogen-bond acceptors (Lipinski definition) is 6. The van der Waals surface area contributed by atoms with Crippen LogP contribution in [0.25, 0.3) is 0 Å². The smallest absolute Gasteiger partial charge is 0.413 e. The van der Waals surface area contributed by atoms with Crippen molar-refractivity contribution in [1.82, 2.24) is 15.3 Å². The van der Waals surface area contributed by atoms with Crippen LogP contribution >= 0.6 is 11.3 Å². The lowest BCUT2D eigenvalue weighted by Gasteiger charge is -2.37. The molecule has 0 atom stereocenters. The Morgan fingerprint density at radius 1 is 1.23 bits per heavy atom. The van der Waals surface area contributed by atoms with E-state index in [1.165, 1.54) is 12.0 Å². The van der Waals surface area contributed by atoms with Crippen molar-refractivity contribution in [2.24, 2.45) is 0 Å². The van der Waals surface area contributed by atoms with Gasteiger partial charge in [0.05, 0.1) is 5.69 Å². The summed E-state index contributed by atoms with van der Waals surface area (Å²) in [6.45, 7) is 7.71. The highest BCUT2D eigenvalue weighted by molar-refractivity contribution is 7.17. The molecule has 0 radical (unpaired) electrons. The number of aromatic nitrogens is 2. The van der Waals surface area contributed by atoms with Crippen molar-refractivity contribution in [3.8, 4) is 0 Å². The molecule has 1 aliphatic carbocycles. The SMILES string of the molecule is Cc1nc(NC(=O)OC(C)(C)C)sc1C(=O)NCC1(c2cccnc2)CCCCC1. The maximum atomic E-state index is 12.9. The number of hydrogen-bond donors (Lipinski definition) is 2. The van der Waals surface area contributed by atoms with Crippen molar-refractivity contribution in [3.63, 3.8) is 0 Å². The second-order valence-electron chi connectivity index (χ2n) is 8.83. The molecule has 2 amide bonds. The van der Waals surface area contributed by atoms with Crippen LogP contribution in [0.2, 0.25) is 0 Å². The van der Waals surface area contributed by atoms with E-state index in [1.807, 2.05) is 12.3 Å². The molecule has 0 unspecified atom stereocenters. The van der Waals surface area contributed by atoms with Crippen LogP contribution in [0.3, 0.4) is 0 Å². The number of carbonyl (C=O) groups is 2. The summed E-state index contributed by atoms with van der Waals surface area (Å²) >= 11 is 1.16. The minimum atomic E-state index is -0.600. The Bertz CT molecular complexity index is 884. The maximum Gasteiger partial charge on any atom is 0.413 e. The molecule has 0 bridgehead atoms. The van der Waals surface area contributed by atoms with Crippen molar-refractivity contribution in [1.29, 1.82) is 0 Å². The van der Waals surface area contributed by atoms with Gasteiger partial charge in [0.25, 0.3) is 5.91 Å². The summed E-state index contributed by atoms with van der Waals surface area (Å²) in [5.41, 5.74) is 1.08. The Morgan fingerprint density at radius 3 is 2.60 bits per heavy atom. The number of amides is 2. The van der Waals surface area contributed by atoms with Crippen LogP contribution < -0.4 is 10.6 Å². The predicted molar refractivity (Wildman–Crippen MR) is 118 cm³/mol. The number of aryl methyl sites for hydroxylation is 1. The number of rotatable bonds is 5. The normalized spacial score (nSPS) is 16.0. The van der Waals surface area contributed by atoms with Crippen LogP contribution in [0.5, 0.6) is 0 Å². The van der Waals surface area contributed by atoms with Gasteiger partial charge in [-0.05, 0) is 52.2 Å². The molecule has 3 rings (SSSR count). The molecule has 2 aromatic heterocycles. The average molecular weight is 431 g/mol.